The molecule has 2 aromatic heterocycles. The number of fused-ring (bicyclic) bond motifs is 3. The molecule has 3 heterocycles. The van der Waals surface area contributed by atoms with Crippen molar-refractivity contribution < 1.29 is 18.9 Å². The highest BCUT2D eigenvalue weighted by Gasteiger charge is 2.35. The number of carbonyl (C=O) groups excluding carboxylic acids is 3. The Bertz CT molecular complexity index is 1080. The van der Waals surface area contributed by atoms with Crippen molar-refractivity contribution in [1.82, 2.24) is 15.5 Å². The third-order valence-corrected chi connectivity index (χ3v) is 6.00. The Morgan fingerprint density at radius 3 is 2.89 bits per heavy atom. The smallest absolute Gasteiger partial charge is 0.235 e. The standard InChI is InChI=1S/C20H19N3O4/c24-9-10-1-2-11(7-10)14-8-15-12(5-6-21-15)17-18(23-27-19(14)17)13-3-4-16(25)22-20(13)26/h5-6,8-11,13,21H,1-4,7H2,(H,22,25,26). The molecule has 3 unspecified atom stereocenters. The van der Waals surface area contributed by atoms with Crippen molar-refractivity contribution in [2.45, 2.75) is 43.9 Å². The van der Waals surface area contributed by atoms with Gasteiger partial charge in [0.1, 0.15) is 12.0 Å². The molecule has 3 aromatic rings. The second-order valence-corrected chi connectivity index (χ2v) is 7.59. The number of amides is 2. The van der Waals surface area contributed by atoms with E-state index in [4.69, 9.17) is 4.52 Å². The fourth-order valence-corrected chi connectivity index (χ4v) is 4.62. The SMILES string of the molecule is O=CC1CCC(c2cc3[nH]ccc3c3c(C4CCC(=O)NC4=O)noc23)C1. The molecule has 1 aliphatic heterocycles. The van der Waals surface area contributed by atoms with Crippen LogP contribution in [0.1, 0.15) is 55.2 Å². The van der Waals surface area contributed by atoms with Crippen molar-refractivity contribution in [3.05, 3.63) is 29.6 Å². The molecular weight excluding hydrogens is 346 g/mol. The number of aldehydes is 1. The van der Waals surface area contributed by atoms with Crippen LogP contribution in [0.15, 0.2) is 22.9 Å². The van der Waals surface area contributed by atoms with Crippen LogP contribution in [-0.4, -0.2) is 28.2 Å². The summed E-state index contributed by atoms with van der Waals surface area (Å²) in [5.74, 6) is -0.747. The summed E-state index contributed by atoms with van der Waals surface area (Å²) >= 11 is 0. The van der Waals surface area contributed by atoms with E-state index in [1.54, 1.807) is 0 Å². The number of aromatic nitrogens is 2. The van der Waals surface area contributed by atoms with Gasteiger partial charge in [-0.3, -0.25) is 14.9 Å². The highest BCUT2D eigenvalue weighted by molar-refractivity contribution is 6.10. The number of nitrogens with one attached hydrogen (secondary N) is 2. The highest BCUT2D eigenvalue weighted by atomic mass is 16.5. The van der Waals surface area contributed by atoms with Crippen LogP contribution in [0.25, 0.3) is 21.9 Å². The summed E-state index contributed by atoms with van der Waals surface area (Å²) in [4.78, 5) is 38.3. The largest absolute Gasteiger partial charge is 0.361 e. The Labute approximate surface area is 154 Å². The number of carbonyl (C=O) groups is 3. The molecule has 3 atom stereocenters. The van der Waals surface area contributed by atoms with Crippen molar-refractivity contribution in [3.63, 3.8) is 0 Å². The molecule has 27 heavy (non-hydrogen) atoms. The van der Waals surface area contributed by atoms with Gasteiger partial charge in [-0.1, -0.05) is 5.16 Å². The fraction of sp³-hybridized carbons (Fsp3) is 0.400. The van der Waals surface area contributed by atoms with Gasteiger partial charge in [0.2, 0.25) is 11.8 Å². The summed E-state index contributed by atoms with van der Waals surface area (Å²) in [6.07, 6.45) is 6.24. The van der Waals surface area contributed by atoms with Gasteiger partial charge < -0.3 is 14.3 Å². The molecular formula is C20H19N3O4. The molecule has 7 nitrogen and oxygen atoms in total. The van der Waals surface area contributed by atoms with E-state index in [9.17, 15) is 14.4 Å². The van der Waals surface area contributed by atoms with Gasteiger partial charge in [-0.05, 0) is 43.7 Å². The van der Waals surface area contributed by atoms with E-state index in [1.165, 1.54) is 0 Å². The molecule has 0 radical (unpaired) electrons. The monoisotopic (exact) mass is 365 g/mol. The molecule has 1 aromatic carbocycles. The molecule has 138 valence electrons. The third kappa shape index (κ3) is 2.49. The first-order valence-corrected chi connectivity index (χ1v) is 9.34. The molecule has 1 aliphatic carbocycles. The van der Waals surface area contributed by atoms with E-state index >= 15 is 0 Å². The average molecular weight is 365 g/mol. The van der Waals surface area contributed by atoms with Crippen molar-refractivity contribution >= 4 is 40.0 Å². The Hall–Kier alpha value is -2.96. The molecule has 7 heteroatoms. The number of benzene rings is 1. The van der Waals surface area contributed by atoms with Crippen LogP contribution in [0.5, 0.6) is 0 Å². The normalized spacial score (nSPS) is 26.0. The maximum absolute atomic E-state index is 12.4. The molecule has 2 aliphatic rings. The Morgan fingerprint density at radius 2 is 2.11 bits per heavy atom. The average Bonchev–Trinajstić information content (AvgIpc) is 3.39. The lowest BCUT2D eigenvalue weighted by atomic mass is 9.89. The topological polar surface area (TPSA) is 105 Å². The minimum Gasteiger partial charge on any atom is -0.361 e. The fourth-order valence-electron chi connectivity index (χ4n) is 4.62. The minimum atomic E-state index is -0.497. The summed E-state index contributed by atoms with van der Waals surface area (Å²) in [6, 6.07) is 4.03. The van der Waals surface area contributed by atoms with E-state index in [-0.39, 0.29) is 23.7 Å². The third-order valence-electron chi connectivity index (χ3n) is 6.00. The van der Waals surface area contributed by atoms with Crippen molar-refractivity contribution in [2.24, 2.45) is 5.92 Å². The van der Waals surface area contributed by atoms with Gasteiger partial charge in [-0.2, -0.15) is 0 Å². The van der Waals surface area contributed by atoms with Gasteiger partial charge in [0, 0.05) is 35.0 Å². The van der Waals surface area contributed by atoms with Crippen molar-refractivity contribution in [3.8, 4) is 0 Å². The lowest BCUT2D eigenvalue weighted by molar-refractivity contribution is -0.134. The number of hydrogen-bond acceptors (Lipinski definition) is 5. The van der Waals surface area contributed by atoms with Gasteiger partial charge in [0.05, 0.1) is 11.3 Å². The van der Waals surface area contributed by atoms with Gasteiger partial charge in [-0.15, -0.1) is 0 Å². The maximum Gasteiger partial charge on any atom is 0.235 e. The Balaban J connectivity index is 1.68. The number of nitrogens with zero attached hydrogens (tertiary/aromatic N) is 1. The van der Waals surface area contributed by atoms with Crippen LogP contribution in [-0.2, 0) is 14.4 Å². The summed E-state index contributed by atoms with van der Waals surface area (Å²) in [5.41, 5.74) is 3.28. The molecule has 1 saturated heterocycles. The number of H-pyrrole nitrogens is 1. The van der Waals surface area contributed by atoms with Gasteiger partial charge in [0.15, 0.2) is 5.58 Å². The van der Waals surface area contributed by atoms with E-state index in [2.05, 4.69) is 21.5 Å². The second kappa shape index (κ2) is 6.04. The van der Waals surface area contributed by atoms with Gasteiger partial charge in [-0.25, -0.2) is 0 Å². The van der Waals surface area contributed by atoms with Crippen LogP contribution in [0.3, 0.4) is 0 Å². The van der Waals surface area contributed by atoms with Crippen LogP contribution in [0.4, 0.5) is 0 Å². The van der Waals surface area contributed by atoms with E-state index in [0.29, 0.717) is 24.1 Å². The first-order valence-electron chi connectivity index (χ1n) is 9.34. The zero-order valence-electron chi connectivity index (χ0n) is 14.7. The van der Waals surface area contributed by atoms with E-state index < -0.39 is 5.92 Å². The Morgan fingerprint density at radius 1 is 1.22 bits per heavy atom. The predicted octanol–water partition coefficient (Wildman–Crippen LogP) is 2.91. The molecule has 0 bridgehead atoms. The van der Waals surface area contributed by atoms with Gasteiger partial charge >= 0.3 is 0 Å². The minimum absolute atomic E-state index is 0.0851. The summed E-state index contributed by atoms with van der Waals surface area (Å²) in [7, 11) is 0. The molecule has 2 amide bonds. The Kier molecular flexibility index (Phi) is 3.63. The quantitative estimate of drug-likeness (QED) is 0.548. The number of rotatable bonds is 3. The molecule has 2 fully saturated rings. The van der Waals surface area contributed by atoms with Crippen LogP contribution >= 0.6 is 0 Å². The molecule has 0 spiro atoms. The van der Waals surface area contributed by atoms with Crippen LogP contribution in [0, 0.1) is 5.92 Å². The lowest BCUT2D eigenvalue weighted by Gasteiger charge is -2.19. The van der Waals surface area contributed by atoms with Crippen molar-refractivity contribution in [1.29, 1.82) is 0 Å². The zero-order chi connectivity index (χ0) is 18.5. The number of aromatic amines is 1. The molecule has 5 rings (SSSR count). The lowest BCUT2D eigenvalue weighted by Crippen LogP contribution is -2.39. The van der Waals surface area contributed by atoms with Crippen LogP contribution in [0.2, 0.25) is 0 Å². The summed E-state index contributed by atoms with van der Waals surface area (Å²) in [6.45, 7) is 0. The van der Waals surface area contributed by atoms with Gasteiger partial charge in [0.25, 0.3) is 0 Å². The predicted molar refractivity (Wildman–Crippen MR) is 97.1 cm³/mol. The van der Waals surface area contributed by atoms with E-state index in [1.807, 2.05) is 12.3 Å². The van der Waals surface area contributed by atoms with E-state index in [0.717, 1.165) is 47.4 Å². The number of imide groups is 1. The summed E-state index contributed by atoms with van der Waals surface area (Å²) in [5, 5.41) is 8.46. The number of hydrogen-bond donors (Lipinski definition) is 2. The molecule has 2 N–H and O–H groups in total. The second-order valence-electron chi connectivity index (χ2n) is 7.59. The first-order chi connectivity index (χ1) is 13.2. The number of piperidine rings is 1. The van der Waals surface area contributed by atoms with Crippen LogP contribution < -0.4 is 5.32 Å². The van der Waals surface area contributed by atoms with Crippen molar-refractivity contribution in [2.75, 3.05) is 0 Å². The summed E-state index contributed by atoms with van der Waals surface area (Å²) < 4.78 is 5.75. The first kappa shape index (κ1) is 16.2. The maximum atomic E-state index is 12.4. The molecule has 1 saturated carbocycles. The zero-order valence-corrected chi connectivity index (χ0v) is 14.7. The highest BCUT2D eigenvalue weighted by Crippen LogP contribution is 2.44.